The van der Waals surface area contributed by atoms with Crippen LogP contribution < -0.4 is 21.3 Å². The van der Waals surface area contributed by atoms with Gasteiger partial charge < -0.3 is 3.90 Å². The quantitative estimate of drug-likeness (QED) is 0.0973. The third-order valence-electron chi connectivity index (χ3n) is 5.67. The Kier molecular flexibility index (Phi) is 26.6. The minimum Gasteiger partial charge on any atom is -0.374 e. The molecular formula is C30H78Cl3N5Si4. The molecule has 0 atom stereocenters. The number of hydrogen-bond acceptors (Lipinski definition) is 5. The van der Waals surface area contributed by atoms with Gasteiger partial charge in [-0.25, -0.2) is 0 Å². The largest absolute Gasteiger partial charge is 0.374 e. The lowest BCUT2D eigenvalue weighted by atomic mass is 9.91. The van der Waals surface area contributed by atoms with Gasteiger partial charge in [-0.15, -0.1) is 33.2 Å². The molecule has 0 rings (SSSR count). The van der Waals surface area contributed by atoms with E-state index >= 15 is 0 Å². The van der Waals surface area contributed by atoms with Gasteiger partial charge in [0, 0.05) is 24.2 Å². The second kappa shape index (κ2) is 22.2. The fourth-order valence-corrected chi connectivity index (χ4v) is 20.0. The zero-order valence-electron chi connectivity index (χ0n) is 32.3. The van der Waals surface area contributed by atoms with Crippen molar-refractivity contribution in [3.8, 4) is 0 Å². The molecule has 0 bridgehead atoms. The maximum Gasteiger partial charge on any atom is 0.338 e. The Morgan fingerprint density at radius 3 is 0.714 bits per heavy atom. The summed E-state index contributed by atoms with van der Waals surface area (Å²) in [6, 6.07) is -0.100. The molecule has 0 aromatic heterocycles. The van der Waals surface area contributed by atoms with E-state index in [9.17, 15) is 0 Å². The lowest BCUT2D eigenvalue weighted by molar-refractivity contribution is 0.201. The minimum atomic E-state index is -2.19. The molecule has 12 heteroatoms. The van der Waals surface area contributed by atoms with Crippen LogP contribution >= 0.6 is 33.2 Å². The van der Waals surface area contributed by atoms with Crippen molar-refractivity contribution in [3.63, 3.8) is 0 Å². The van der Waals surface area contributed by atoms with E-state index in [-0.39, 0.29) is 20.5 Å². The average molecular weight is 728 g/mol. The summed E-state index contributed by atoms with van der Waals surface area (Å²) in [4.78, 5) is 0. The molecule has 0 aliphatic carbocycles. The van der Waals surface area contributed by atoms with E-state index in [1.165, 1.54) is 0 Å². The molecule has 0 spiro atoms. The van der Waals surface area contributed by atoms with E-state index in [0.717, 1.165) is 0 Å². The molecule has 0 saturated heterocycles. The molecule has 0 heterocycles. The van der Waals surface area contributed by atoms with Crippen LogP contribution in [0.25, 0.3) is 0 Å². The fraction of sp³-hybridized carbons (Fsp3) is 1.00. The van der Waals surface area contributed by atoms with Gasteiger partial charge in [-0.05, 0) is 72.8 Å². The third-order valence-corrected chi connectivity index (χ3v) is 21.2. The Balaban J connectivity index is -0.000000239. The zero-order chi connectivity index (χ0) is 35.1. The maximum absolute atomic E-state index is 5.20. The van der Waals surface area contributed by atoms with Gasteiger partial charge in [0.15, 0.2) is 0 Å². The monoisotopic (exact) mass is 725 g/mol. The van der Waals surface area contributed by atoms with Crippen molar-refractivity contribution in [2.75, 3.05) is 0 Å². The van der Waals surface area contributed by atoms with E-state index in [0.29, 0.717) is 36.5 Å². The van der Waals surface area contributed by atoms with Crippen molar-refractivity contribution >= 4 is 65.4 Å². The van der Waals surface area contributed by atoms with Gasteiger partial charge in [0.25, 0.3) is 0 Å². The Labute approximate surface area is 285 Å². The van der Waals surface area contributed by atoms with Crippen LogP contribution in [0.1, 0.15) is 96.9 Å². The van der Waals surface area contributed by atoms with Gasteiger partial charge in [0.05, 0.1) is 22.0 Å². The molecule has 0 saturated carbocycles. The van der Waals surface area contributed by atoms with E-state index in [2.05, 4.69) is 168 Å². The van der Waals surface area contributed by atoms with Crippen molar-refractivity contribution in [1.29, 1.82) is 0 Å². The predicted octanol–water partition coefficient (Wildman–Crippen LogP) is 9.07. The molecule has 0 aliphatic heterocycles. The summed E-state index contributed by atoms with van der Waals surface area (Å²) in [6.07, 6.45) is 0.764. The average Bonchev–Trinajstić information content (AvgIpc) is 2.62. The van der Waals surface area contributed by atoms with Crippen molar-refractivity contribution in [2.45, 2.75) is 186 Å². The summed E-state index contributed by atoms with van der Waals surface area (Å²) in [6.45, 7) is 49.9. The summed E-state index contributed by atoms with van der Waals surface area (Å²) < 4.78 is 2.92. The third kappa shape index (κ3) is 36.0. The number of rotatable bonds is 11. The molecular weight excluding hydrogens is 649 g/mol. The van der Waals surface area contributed by atoms with Gasteiger partial charge in [0.2, 0.25) is 0 Å². The van der Waals surface area contributed by atoms with Gasteiger partial charge in [-0.2, -0.15) is 0 Å². The topological polar surface area (TPSA) is 51.4 Å². The van der Waals surface area contributed by atoms with Gasteiger partial charge in [-0.1, -0.05) is 87.4 Å². The first kappa shape index (κ1) is 50.4. The van der Waals surface area contributed by atoms with Crippen LogP contribution in [-0.2, 0) is 0 Å². The van der Waals surface area contributed by atoms with Gasteiger partial charge in [0.1, 0.15) is 16.5 Å². The standard InChI is InChI=1S/2C11H26N2.C7H23NSi3.CH3Cl3Si/c2*1-8(2)12-10(11(5,6)7)13-9(3)4;1-9-8(10(2,3)4)11(5,6)7;1-5(2,3)4/h2*8-10,12-13H,1-7H3;9H2,1-7H3;1H3. The SMILES string of the molecule is CC(C)NC(NC(C)C)C(C)(C)C.CC(C)NC(NC(C)C)C(C)(C)C.C[SiH2]N([Si](C)(C)C)[Si](C)(C)C.C[Si](Cl)(Cl)Cl. The van der Waals surface area contributed by atoms with Crippen LogP contribution in [0.2, 0.25) is 52.4 Å². The van der Waals surface area contributed by atoms with Gasteiger partial charge >= 0.3 is 6.00 Å². The fourth-order valence-electron chi connectivity index (χ4n) is 4.38. The molecule has 0 radical (unpaired) electrons. The Bertz CT molecular complexity index is 576. The first-order valence-corrected chi connectivity index (χ1v) is 30.5. The highest BCUT2D eigenvalue weighted by molar-refractivity contribution is 7.64. The smallest absolute Gasteiger partial charge is 0.338 e. The van der Waals surface area contributed by atoms with Crippen LogP contribution in [0.4, 0.5) is 0 Å². The molecule has 5 nitrogen and oxygen atoms in total. The molecule has 0 fully saturated rings. The molecule has 0 aromatic carbocycles. The second-order valence-electron chi connectivity index (χ2n) is 16.8. The lowest BCUT2D eigenvalue weighted by Gasteiger charge is -2.43. The van der Waals surface area contributed by atoms with Crippen molar-refractivity contribution in [3.05, 3.63) is 0 Å². The van der Waals surface area contributed by atoms with E-state index in [4.69, 9.17) is 33.2 Å². The lowest BCUT2D eigenvalue weighted by Crippen LogP contribution is -2.60. The van der Waals surface area contributed by atoms with Crippen LogP contribution in [0.3, 0.4) is 0 Å². The number of nitrogens with zero attached hydrogens (tertiary/aromatic N) is 1. The Morgan fingerprint density at radius 1 is 0.500 bits per heavy atom. The highest BCUT2D eigenvalue weighted by Gasteiger charge is 2.32. The first-order valence-electron chi connectivity index (χ1n) is 16.0. The van der Waals surface area contributed by atoms with E-state index < -0.39 is 22.5 Å². The van der Waals surface area contributed by atoms with Crippen LogP contribution in [0, 0.1) is 10.8 Å². The highest BCUT2D eigenvalue weighted by atomic mass is 35.8. The normalized spacial score (nSPS) is 13.7. The predicted molar refractivity (Wildman–Crippen MR) is 212 cm³/mol. The van der Waals surface area contributed by atoms with E-state index in [1.54, 1.807) is 6.55 Å². The minimum absolute atomic E-state index is 0.0764. The molecule has 0 unspecified atom stereocenters. The number of halogens is 3. The van der Waals surface area contributed by atoms with Crippen molar-refractivity contribution in [2.24, 2.45) is 10.8 Å². The molecule has 0 aliphatic rings. The van der Waals surface area contributed by atoms with Gasteiger partial charge in [-0.3, -0.25) is 21.3 Å². The summed E-state index contributed by atoms with van der Waals surface area (Å²) in [5.74, 6) is 0. The number of nitrogens with one attached hydrogen (secondary N) is 4. The number of hydrogen-bond donors (Lipinski definition) is 4. The Hall–Kier alpha value is 1.54. The van der Waals surface area contributed by atoms with E-state index in [1.807, 2.05) is 0 Å². The molecule has 42 heavy (non-hydrogen) atoms. The molecule has 0 aromatic rings. The highest BCUT2D eigenvalue weighted by Crippen LogP contribution is 2.20. The zero-order valence-corrected chi connectivity index (χ0v) is 38.9. The molecule has 0 amide bonds. The van der Waals surface area contributed by atoms with Crippen LogP contribution in [0.5, 0.6) is 0 Å². The summed E-state index contributed by atoms with van der Waals surface area (Å²) >= 11 is 15.6. The summed E-state index contributed by atoms with van der Waals surface area (Å²) in [5, 5.41) is 14.2. The first-order chi connectivity index (χ1) is 18.2. The van der Waals surface area contributed by atoms with Crippen molar-refractivity contribution in [1.82, 2.24) is 25.2 Å². The maximum atomic E-state index is 5.20. The van der Waals surface area contributed by atoms with Crippen LogP contribution in [-0.4, -0.2) is 72.6 Å². The summed E-state index contributed by atoms with van der Waals surface area (Å²) in [7, 11) is -1.85. The Morgan fingerprint density at radius 2 is 0.667 bits per heavy atom. The summed E-state index contributed by atoms with van der Waals surface area (Å²) in [5.41, 5.74) is 0.517. The molecule has 4 N–H and O–H groups in total. The van der Waals surface area contributed by atoms with Crippen LogP contribution in [0.15, 0.2) is 0 Å². The van der Waals surface area contributed by atoms with Crippen molar-refractivity contribution < 1.29 is 0 Å². The second-order valence-corrected chi connectivity index (χ2v) is 39.6. The molecule has 260 valence electrons.